The molecule has 1 N–H and O–H groups in total. The van der Waals surface area contributed by atoms with Crippen LogP contribution in [0.25, 0.3) is 0 Å². The molecule has 18 heavy (non-hydrogen) atoms. The number of benzene rings is 1. The highest BCUT2D eigenvalue weighted by Gasteiger charge is 2.28. The fraction of sp³-hybridized carbons (Fsp3) is 0.600. The third-order valence-electron chi connectivity index (χ3n) is 4.16. The van der Waals surface area contributed by atoms with E-state index in [1.54, 1.807) is 0 Å². The van der Waals surface area contributed by atoms with Crippen molar-refractivity contribution in [1.29, 1.82) is 0 Å². The van der Waals surface area contributed by atoms with Gasteiger partial charge < -0.3 is 5.32 Å². The molecule has 1 fully saturated rings. The molecule has 0 radical (unpaired) electrons. The molecule has 1 nitrogen and oxygen atoms in total. The quantitative estimate of drug-likeness (QED) is 0.855. The second-order valence-electron chi connectivity index (χ2n) is 5.48. The van der Waals surface area contributed by atoms with Crippen LogP contribution in [-0.4, -0.2) is 13.1 Å². The van der Waals surface area contributed by atoms with Crippen molar-refractivity contribution in [2.24, 2.45) is 11.8 Å². The van der Waals surface area contributed by atoms with E-state index in [0.29, 0.717) is 6.04 Å². The molecule has 0 amide bonds. The fourth-order valence-corrected chi connectivity index (χ4v) is 3.62. The summed E-state index contributed by atoms with van der Waals surface area (Å²) in [5.41, 5.74) is 1.08. The minimum atomic E-state index is 0.479. The summed E-state index contributed by atoms with van der Waals surface area (Å²) >= 11 is 12.5. The number of hydrogen-bond acceptors (Lipinski definition) is 1. The molecular weight excluding hydrogens is 265 g/mol. The highest BCUT2D eigenvalue weighted by atomic mass is 35.5. The summed E-state index contributed by atoms with van der Waals surface area (Å²) in [6.45, 7) is 2.34. The summed E-state index contributed by atoms with van der Waals surface area (Å²) in [6, 6.07) is 6.23. The number of likely N-dealkylation sites (N-methyl/N-ethyl adjacent to an activating group) is 1. The lowest BCUT2D eigenvalue weighted by atomic mass is 9.91. The van der Waals surface area contributed by atoms with Crippen LogP contribution in [0, 0.1) is 11.8 Å². The maximum Gasteiger partial charge on any atom is 0.0453 e. The first-order valence-electron chi connectivity index (χ1n) is 6.72. The second-order valence-corrected chi connectivity index (χ2v) is 6.29. The monoisotopic (exact) mass is 285 g/mol. The Morgan fingerprint density at radius 3 is 2.44 bits per heavy atom. The molecule has 0 aromatic heterocycles. The van der Waals surface area contributed by atoms with E-state index >= 15 is 0 Å². The van der Waals surface area contributed by atoms with Gasteiger partial charge in [-0.05, 0) is 55.8 Å². The smallest absolute Gasteiger partial charge is 0.0453 e. The molecule has 1 aromatic carbocycles. The lowest BCUT2D eigenvalue weighted by molar-refractivity contribution is 0.367. The van der Waals surface area contributed by atoms with E-state index in [1.165, 1.54) is 19.3 Å². The highest BCUT2D eigenvalue weighted by molar-refractivity contribution is 6.36. The molecule has 3 heteroatoms. The highest BCUT2D eigenvalue weighted by Crippen LogP contribution is 2.35. The van der Waals surface area contributed by atoms with E-state index in [1.807, 2.05) is 25.2 Å². The van der Waals surface area contributed by atoms with E-state index in [-0.39, 0.29) is 0 Å². The predicted molar refractivity (Wildman–Crippen MR) is 79.5 cm³/mol. The van der Waals surface area contributed by atoms with Gasteiger partial charge in [0, 0.05) is 16.1 Å². The van der Waals surface area contributed by atoms with Gasteiger partial charge in [0.15, 0.2) is 0 Å². The first kappa shape index (κ1) is 14.2. The van der Waals surface area contributed by atoms with E-state index < -0.39 is 0 Å². The van der Waals surface area contributed by atoms with Crippen LogP contribution in [0.5, 0.6) is 0 Å². The Hall–Kier alpha value is -0.240. The average Bonchev–Trinajstić information content (AvgIpc) is 2.76. The zero-order chi connectivity index (χ0) is 13.1. The van der Waals surface area contributed by atoms with E-state index in [0.717, 1.165) is 33.9 Å². The first-order chi connectivity index (χ1) is 8.61. The second kappa shape index (κ2) is 6.27. The standard InChI is InChI=1S/C15H21Cl2N/c1-10-6-7-11(8-10)15(18-2)9-12-13(16)4-3-5-14(12)17/h3-5,10-11,15,18H,6-9H2,1-2H3. The summed E-state index contributed by atoms with van der Waals surface area (Å²) in [7, 11) is 2.04. The summed E-state index contributed by atoms with van der Waals surface area (Å²) in [5, 5.41) is 5.02. The van der Waals surface area contributed by atoms with Gasteiger partial charge in [-0.1, -0.05) is 42.6 Å². The molecule has 0 bridgehead atoms. The maximum atomic E-state index is 6.25. The van der Waals surface area contributed by atoms with Crippen molar-refractivity contribution in [3.63, 3.8) is 0 Å². The van der Waals surface area contributed by atoms with Crippen molar-refractivity contribution in [3.8, 4) is 0 Å². The Morgan fingerprint density at radius 1 is 1.28 bits per heavy atom. The summed E-state index contributed by atoms with van der Waals surface area (Å²) < 4.78 is 0. The number of rotatable bonds is 4. The number of halogens is 2. The third-order valence-corrected chi connectivity index (χ3v) is 4.87. The van der Waals surface area contributed by atoms with Crippen molar-refractivity contribution in [1.82, 2.24) is 5.32 Å². The van der Waals surface area contributed by atoms with Crippen LogP contribution in [0.1, 0.15) is 31.7 Å². The molecule has 1 saturated carbocycles. The molecule has 0 heterocycles. The van der Waals surface area contributed by atoms with Gasteiger partial charge in [-0.15, -0.1) is 0 Å². The largest absolute Gasteiger partial charge is 0.316 e. The van der Waals surface area contributed by atoms with Gasteiger partial charge in [0.1, 0.15) is 0 Å². The molecule has 1 aliphatic carbocycles. The maximum absolute atomic E-state index is 6.25. The molecule has 2 rings (SSSR count). The van der Waals surface area contributed by atoms with Crippen LogP contribution < -0.4 is 5.32 Å². The van der Waals surface area contributed by atoms with Crippen LogP contribution >= 0.6 is 23.2 Å². The zero-order valence-electron chi connectivity index (χ0n) is 11.0. The Bertz CT molecular complexity index is 385. The van der Waals surface area contributed by atoms with Gasteiger partial charge in [-0.2, -0.15) is 0 Å². The molecule has 0 saturated heterocycles. The minimum Gasteiger partial charge on any atom is -0.316 e. The predicted octanol–water partition coefficient (Wildman–Crippen LogP) is 4.56. The Morgan fingerprint density at radius 2 is 1.94 bits per heavy atom. The van der Waals surface area contributed by atoms with E-state index in [9.17, 15) is 0 Å². The Labute approximate surface area is 120 Å². The molecule has 3 atom stereocenters. The van der Waals surface area contributed by atoms with E-state index in [4.69, 9.17) is 23.2 Å². The van der Waals surface area contributed by atoms with Gasteiger partial charge >= 0.3 is 0 Å². The summed E-state index contributed by atoms with van der Waals surface area (Å²) in [5.74, 6) is 1.60. The topological polar surface area (TPSA) is 12.0 Å². The van der Waals surface area contributed by atoms with Crippen molar-refractivity contribution < 1.29 is 0 Å². The molecule has 0 spiro atoms. The average molecular weight is 286 g/mol. The lowest BCUT2D eigenvalue weighted by Gasteiger charge is -2.24. The van der Waals surface area contributed by atoms with Gasteiger partial charge in [0.25, 0.3) is 0 Å². The van der Waals surface area contributed by atoms with Gasteiger partial charge in [0.05, 0.1) is 0 Å². The van der Waals surface area contributed by atoms with Gasteiger partial charge in [0.2, 0.25) is 0 Å². The van der Waals surface area contributed by atoms with Crippen molar-refractivity contribution in [2.45, 2.75) is 38.6 Å². The SMILES string of the molecule is CNC(Cc1c(Cl)cccc1Cl)C1CCC(C)C1. The Balaban J connectivity index is 2.10. The summed E-state index contributed by atoms with van der Waals surface area (Å²) in [4.78, 5) is 0. The molecule has 100 valence electrons. The zero-order valence-corrected chi connectivity index (χ0v) is 12.6. The molecule has 3 unspecified atom stereocenters. The number of nitrogens with one attached hydrogen (secondary N) is 1. The van der Waals surface area contributed by atoms with Gasteiger partial charge in [-0.25, -0.2) is 0 Å². The van der Waals surface area contributed by atoms with Crippen molar-refractivity contribution in [3.05, 3.63) is 33.8 Å². The van der Waals surface area contributed by atoms with Crippen LogP contribution in [-0.2, 0) is 6.42 Å². The first-order valence-corrected chi connectivity index (χ1v) is 7.47. The van der Waals surface area contributed by atoms with Crippen LogP contribution in [0.15, 0.2) is 18.2 Å². The lowest BCUT2D eigenvalue weighted by Crippen LogP contribution is -2.34. The molecule has 0 aliphatic heterocycles. The fourth-order valence-electron chi connectivity index (χ4n) is 3.07. The molecule has 1 aromatic rings. The van der Waals surface area contributed by atoms with Gasteiger partial charge in [-0.3, -0.25) is 0 Å². The molecular formula is C15H21Cl2N. The minimum absolute atomic E-state index is 0.479. The van der Waals surface area contributed by atoms with Crippen molar-refractivity contribution >= 4 is 23.2 Å². The van der Waals surface area contributed by atoms with Crippen LogP contribution in [0.3, 0.4) is 0 Å². The normalized spacial score (nSPS) is 25.3. The number of hydrogen-bond donors (Lipinski definition) is 1. The van der Waals surface area contributed by atoms with Crippen LogP contribution in [0.2, 0.25) is 10.0 Å². The summed E-state index contributed by atoms with van der Waals surface area (Å²) in [6.07, 6.45) is 4.90. The van der Waals surface area contributed by atoms with Crippen molar-refractivity contribution in [2.75, 3.05) is 7.05 Å². The Kier molecular flexibility index (Phi) is 4.94. The third kappa shape index (κ3) is 3.20. The van der Waals surface area contributed by atoms with Crippen LogP contribution in [0.4, 0.5) is 0 Å². The molecule has 1 aliphatic rings. The van der Waals surface area contributed by atoms with E-state index in [2.05, 4.69) is 12.2 Å².